The summed E-state index contributed by atoms with van der Waals surface area (Å²) >= 11 is 0. The molecular formula is C14H21NO3. The van der Waals surface area contributed by atoms with Gasteiger partial charge in [0.1, 0.15) is 6.61 Å². The minimum atomic E-state index is -0.166. The molecule has 0 bridgehead atoms. The summed E-state index contributed by atoms with van der Waals surface area (Å²) in [4.78, 5) is 2.22. The third-order valence-electron chi connectivity index (χ3n) is 3.06. The number of aliphatic hydroxyl groups excluding tert-OH is 1. The van der Waals surface area contributed by atoms with Crippen molar-refractivity contribution in [1.82, 2.24) is 4.90 Å². The molecule has 1 aromatic rings. The van der Waals surface area contributed by atoms with Gasteiger partial charge in [0.05, 0.1) is 12.7 Å². The maximum atomic E-state index is 9.43. The standard InChI is InChI=1S/C14H21NO3/c1-2-17-13-5-3-4-6-14(13)18-10-9-15-8-7-12(16)11-15/h3-6,12,16H,2,7-11H2,1H3/t12-/m0/s1. The molecule has 1 atom stereocenters. The molecule has 2 rings (SSSR count). The number of rotatable bonds is 6. The van der Waals surface area contributed by atoms with E-state index in [-0.39, 0.29) is 6.10 Å². The molecule has 0 aliphatic carbocycles. The molecule has 1 N–H and O–H groups in total. The van der Waals surface area contributed by atoms with Crippen LogP contribution in [0.15, 0.2) is 24.3 Å². The molecule has 0 aromatic heterocycles. The fourth-order valence-corrected chi connectivity index (χ4v) is 2.14. The second kappa shape index (κ2) is 6.61. The quantitative estimate of drug-likeness (QED) is 0.832. The van der Waals surface area contributed by atoms with E-state index >= 15 is 0 Å². The van der Waals surface area contributed by atoms with Crippen molar-refractivity contribution in [3.8, 4) is 11.5 Å². The highest BCUT2D eigenvalue weighted by atomic mass is 16.5. The van der Waals surface area contributed by atoms with Gasteiger partial charge in [-0.05, 0) is 25.5 Å². The molecule has 4 heteroatoms. The first-order valence-corrected chi connectivity index (χ1v) is 6.54. The molecule has 0 unspecified atom stereocenters. The molecule has 0 radical (unpaired) electrons. The average Bonchev–Trinajstić information content (AvgIpc) is 2.78. The van der Waals surface area contributed by atoms with Crippen molar-refractivity contribution in [2.45, 2.75) is 19.4 Å². The van der Waals surface area contributed by atoms with Crippen LogP contribution in [0.5, 0.6) is 11.5 Å². The molecule has 100 valence electrons. The van der Waals surface area contributed by atoms with Crippen molar-refractivity contribution < 1.29 is 14.6 Å². The Morgan fingerprint density at radius 1 is 1.28 bits per heavy atom. The highest BCUT2D eigenvalue weighted by Crippen LogP contribution is 2.26. The van der Waals surface area contributed by atoms with Crippen molar-refractivity contribution in [3.63, 3.8) is 0 Å². The predicted octanol–water partition coefficient (Wildman–Crippen LogP) is 1.53. The van der Waals surface area contributed by atoms with Crippen LogP contribution in [0.2, 0.25) is 0 Å². The van der Waals surface area contributed by atoms with E-state index in [9.17, 15) is 5.11 Å². The van der Waals surface area contributed by atoms with Crippen molar-refractivity contribution in [2.75, 3.05) is 32.8 Å². The van der Waals surface area contributed by atoms with Gasteiger partial charge in [-0.25, -0.2) is 0 Å². The molecule has 4 nitrogen and oxygen atoms in total. The molecule has 1 aromatic carbocycles. The van der Waals surface area contributed by atoms with Crippen molar-refractivity contribution in [2.24, 2.45) is 0 Å². The summed E-state index contributed by atoms with van der Waals surface area (Å²) in [6.45, 7) is 5.78. The fourth-order valence-electron chi connectivity index (χ4n) is 2.14. The normalized spacial score (nSPS) is 20.0. The van der Waals surface area contributed by atoms with Gasteiger partial charge in [-0.2, -0.15) is 0 Å². The Hall–Kier alpha value is -1.26. The topological polar surface area (TPSA) is 41.9 Å². The number of para-hydroxylation sites is 2. The summed E-state index contributed by atoms with van der Waals surface area (Å²) in [6, 6.07) is 7.72. The first-order valence-electron chi connectivity index (χ1n) is 6.54. The zero-order valence-electron chi connectivity index (χ0n) is 10.8. The lowest BCUT2D eigenvalue weighted by molar-refractivity contribution is 0.166. The van der Waals surface area contributed by atoms with Gasteiger partial charge in [0.2, 0.25) is 0 Å². The van der Waals surface area contributed by atoms with Crippen LogP contribution in [0, 0.1) is 0 Å². The van der Waals surface area contributed by atoms with Crippen molar-refractivity contribution in [3.05, 3.63) is 24.3 Å². The number of benzene rings is 1. The third-order valence-corrected chi connectivity index (χ3v) is 3.06. The molecular weight excluding hydrogens is 230 g/mol. The van der Waals surface area contributed by atoms with E-state index in [1.54, 1.807) is 0 Å². The van der Waals surface area contributed by atoms with E-state index < -0.39 is 0 Å². The van der Waals surface area contributed by atoms with Gasteiger partial charge in [-0.15, -0.1) is 0 Å². The van der Waals surface area contributed by atoms with Crippen LogP contribution in [0.25, 0.3) is 0 Å². The Labute approximate surface area is 108 Å². The Bertz CT molecular complexity index is 370. The molecule has 1 aliphatic heterocycles. The Morgan fingerprint density at radius 2 is 2.00 bits per heavy atom. The largest absolute Gasteiger partial charge is 0.490 e. The molecule has 1 saturated heterocycles. The van der Waals surface area contributed by atoms with E-state index in [1.807, 2.05) is 31.2 Å². The minimum absolute atomic E-state index is 0.166. The van der Waals surface area contributed by atoms with Crippen LogP contribution < -0.4 is 9.47 Å². The van der Waals surface area contributed by atoms with Crippen LogP contribution in [0.3, 0.4) is 0 Å². The van der Waals surface area contributed by atoms with Crippen LogP contribution in [-0.2, 0) is 0 Å². The maximum absolute atomic E-state index is 9.43. The van der Waals surface area contributed by atoms with Gasteiger partial charge in [-0.1, -0.05) is 12.1 Å². The molecule has 0 spiro atoms. The molecule has 0 amide bonds. The zero-order valence-corrected chi connectivity index (χ0v) is 10.8. The van der Waals surface area contributed by atoms with Gasteiger partial charge in [0.15, 0.2) is 11.5 Å². The average molecular weight is 251 g/mol. The molecule has 18 heavy (non-hydrogen) atoms. The lowest BCUT2D eigenvalue weighted by Crippen LogP contribution is -2.27. The Kier molecular flexibility index (Phi) is 4.84. The number of hydrogen-bond acceptors (Lipinski definition) is 4. The first-order chi connectivity index (χ1) is 8.79. The number of β-amino-alcohol motifs (C(OH)–C–C–N with tert-alkyl or cyclic N) is 1. The number of likely N-dealkylation sites (tertiary alicyclic amines) is 1. The van der Waals surface area contributed by atoms with E-state index in [4.69, 9.17) is 9.47 Å². The summed E-state index contributed by atoms with van der Waals surface area (Å²) in [5.74, 6) is 1.58. The molecule has 1 heterocycles. The van der Waals surface area contributed by atoms with Gasteiger partial charge < -0.3 is 14.6 Å². The Balaban J connectivity index is 1.79. The van der Waals surface area contributed by atoms with Crippen LogP contribution in [0.4, 0.5) is 0 Å². The number of aliphatic hydroxyl groups is 1. The summed E-state index contributed by atoms with van der Waals surface area (Å²) in [5, 5.41) is 9.43. The second-order valence-corrected chi connectivity index (χ2v) is 4.47. The van der Waals surface area contributed by atoms with Gasteiger partial charge in [-0.3, -0.25) is 4.90 Å². The van der Waals surface area contributed by atoms with E-state index in [0.717, 1.165) is 37.6 Å². The first kappa shape index (κ1) is 13.2. The SMILES string of the molecule is CCOc1ccccc1OCCN1CC[C@H](O)C1. The van der Waals surface area contributed by atoms with Crippen molar-refractivity contribution in [1.29, 1.82) is 0 Å². The second-order valence-electron chi connectivity index (χ2n) is 4.47. The van der Waals surface area contributed by atoms with Gasteiger partial charge in [0.25, 0.3) is 0 Å². The monoisotopic (exact) mass is 251 g/mol. The van der Waals surface area contributed by atoms with Crippen LogP contribution in [0.1, 0.15) is 13.3 Å². The minimum Gasteiger partial charge on any atom is -0.490 e. The summed E-state index contributed by atoms with van der Waals surface area (Å²) in [7, 11) is 0. The molecule has 1 aliphatic rings. The predicted molar refractivity (Wildman–Crippen MR) is 70.2 cm³/mol. The summed E-state index contributed by atoms with van der Waals surface area (Å²) < 4.78 is 11.2. The number of hydrogen-bond donors (Lipinski definition) is 1. The van der Waals surface area contributed by atoms with Crippen LogP contribution in [-0.4, -0.2) is 49.0 Å². The highest BCUT2D eigenvalue weighted by molar-refractivity contribution is 5.39. The van der Waals surface area contributed by atoms with E-state index in [0.29, 0.717) is 13.2 Å². The Morgan fingerprint density at radius 3 is 2.61 bits per heavy atom. The van der Waals surface area contributed by atoms with Gasteiger partial charge >= 0.3 is 0 Å². The fraction of sp³-hybridized carbons (Fsp3) is 0.571. The van der Waals surface area contributed by atoms with Gasteiger partial charge in [0, 0.05) is 19.6 Å². The highest BCUT2D eigenvalue weighted by Gasteiger charge is 2.19. The lowest BCUT2D eigenvalue weighted by Gasteiger charge is -2.16. The molecule has 1 fully saturated rings. The smallest absolute Gasteiger partial charge is 0.161 e. The molecule has 0 saturated carbocycles. The third kappa shape index (κ3) is 3.62. The number of ether oxygens (including phenoxy) is 2. The van der Waals surface area contributed by atoms with Crippen molar-refractivity contribution >= 4 is 0 Å². The summed E-state index contributed by atoms with van der Waals surface area (Å²) in [6.07, 6.45) is 0.705. The maximum Gasteiger partial charge on any atom is 0.161 e. The number of nitrogens with zero attached hydrogens (tertiary/aromatic N) is 1. The summed E-state index contributed by atoms with van der Waals surface area (Å²) in [5.41, 5.74) is 0. The van der Waals surface area contributed by atoms with Crippen LogP contribution >= 0.6 is 0 Å². The lowest BCUT2D eigenvalue weighted by atomic mass is 10.3. The zero-order chi connectivity index (χ0) is 12.8. The van der Waals surface area contributed by atoms with E-state index in [2.05, 4.69) is 4.90 Å². The van der Waals surface area contributed by atoms with E-state index in [1.165, 1.54) is 0 Å².